The lowest BCUT2D eigenvalue weighted by molar-refractivity contribution is 0.00706. The number of benzene rings is 3. The van der Waals surface area contributed by atoms with Gasteiger partial charge in [-0.15, -0.1) is 0 Å². The Balaban J connectivity index is 0.00000441. The molecule has 1 heterocycles. The van der Waals surface area contributed by atoms with Crippen molar-refractivity contribution in [1.82, 2.24) is 0 Å². The molecule has 4 rings (SSSR count). The average molecular weight is 532 g/mol. The molecule has 0 aliphatic rings. The zero-order valence-electron chi connectivity index (χ0n) is 22.9. The molecule has 3 N–H and O–H groups in total. The monoisotopic (exact) mass is 531 g/mol. The molecule has 1 unspecified atom stereocenters. The molecule has 0 spiro atoms. The second-order valence-electron chi connectivity index (χ2n) is 10.5. The lowest BCUT2D eigenvalue weighted by Crippen LogP contribution is -2.24. The topological polar surface area (TPSA) is 107 Å². The maximum Gasteiger partial charge on any atom is 0.340 e. The smallest absolute Gasteiger partial charge is 0.340 e. The molecule has 0 saturated heterocycles. The van der Waals surface area contributed by atoms with Crippen LogP contribution in [-0.2, 0) is 4.74 Å². The van der Waals surface area contributed by atoms with E-state index in [0.717, 1.165) is 5.56 Å². The van der Waals surface area contributed by atoms with Gasteiger partial charge in [0.05, 0.1) is 22.7 Å². The number of ether oxygens (including phenoxy) is 1. The molecule has 1 atom stereocenters. The molecular weight excluding hydrogens is 497 g/mol. The van der Waals surface area contributed by atoms with Crippen LogP contribution in [-0.4, -0.2) is 24.8 Å². The fourth-order valence-corrected chi connectivity index (χ4v) is 4.36. The van der Waals surface area contributed by atoms with E-state index in [-0.39, 0.29) is 24.3 Å². The standard InChI is InChI=1S/C31H32FN3O4.H2/c1-17-11-22(18(2)35-25-10-8-7-9-21(25)30(37)39-31(3,4)5)29-23(12-17)26(36)15-27(38-29)19-13-20(16-34-6)28(33)24(32)14-19;/h7-16,18,35H,33H2,1-6H3;1H. The Morgan fingerprint density at radius 2 is 1.90 bits per heavy atom. The molecule has 1 aromatic heterocycles. The average Bonchev–Trinajstić information content (AvgIpc) is 2.86. The predicted octanol–water partition coefficient (Wildman–Crippen LogP) is 6.91. The summed E-state index contributed by atoms with van der Waals surface area (Å²) in [4.78, 5) is 30.0. The van der Waals surface area contributed by atoms with Crippen LogP contribution in [0.5, 0.6) is 0 Å². The van der Waals surface area contributed by atoms with Crippen molar-refractivity contribution in [2.24, 2.45) is 4.99 Å². The van der Waals surface area contributed by atoms with E-state index >= 15 is 0 Å². The summed E-state index contributed by atoms with van der Waals surface area (Å²) in [5, 5.41) is 3.77. The third-order valence-corrected chi connectivity index (χ3v) is 6.10. The van der Waals surface area contributed by atoms with Crippen molar-refractivity contribution in [3.63, 3.8) is 0 Å². The Bertz CT molecular complexity index is 1660. The number of rotatable bonds is 6. The maximum absolute atomic E-state index is 14.6. The maximum atomic E-state index is 14.6. The summed E-state index contributed by atoms with van der Waals surface area (Å²) in [6.07, 6.45) is 1.45. The van der Waals surface area contributed by atoms with Crippen LogP contribution in [0.3, 0.4) is 0 Å². The second-order valence-corrected chi connectivity index (χ2v) is 10.5. The Morgan fingerprint density at radius 1 is 1.18 bits per heavy atom. The Hall–Kier alpha value is -4.46. The SMILES string of the molecule is CN=Cc1cc(-c2cc(=O)c3cc(C)cc(C(C)Nc4ccccc4C(=O)OC(C)(C)C)c3o2)cc(F)c1N.[HH]. The number of nitrogens with one attached hydrogen (secondary N) is 1. The normalized spacial score (nSPS) is 12.6. The van der Waals surface area contributed by atoms with Gasteiger partial charge in [-0.2, -0.15) is 0 Å². The number of aryl methyl sites for hydroxylation is 1. The van der Waals surface area contributed by atoms with E-state index in [1.807, 2.05) is 46.8 Å². The molecular formula is C31H34FN3O4. The summed E-state index contributed by atoms with van der Waals surface area (Å²) >= 11 is 0. The van der Waals surface area contributed by atoms with Gasteiger partial charge in [-0.1, -0.05) is 18.2 Å². The number of carbonyl (C=O) groups is 1. The van der Waals surface area contributed by atoms with E-state index in [0.29, 0.717) is 38.9 Å². The molecule has 204 valence electrons. The van der Waals surface area contributed by atoms with Gasteiger partial charge in [-0.25, -0.2) is 9.18 Å². The van der Waals surface area contributed by atoms with Gasteiger partial charge in [0.25, 0.3) is 0 Å². The predicted molar refractivity (Wildman–Crippen MR) is 156 cm³/mol. The number of fused-ring (bicyclic) bond motifs is 1. The van der Waals surface area contributed by atoms with Crippen molar-refractivity contribution >= 4 is 34.5 Å². The van der Waals surface area contributed by atoms with Crippen molar-refractivity contribution < 1.29 is 19.8 Å². The molecule has 39 heavy (non-hydrogen) atoms. The van der Waals surface area contributed by atoms with Crippen LogP contribution in [0.1, 0.15) is 62.2 Å². The number of anilines is 2. The van der Waals surface area contributed by atoms with Crippen LogP contribution in [0.4, 0.5) is 15.8 Å². The molecule has 7 nitrogen and oxygen atoms in total. The molecule has 0 radical (unpaired) electrons. The van der Waals surface area contributed by atoms with Crippen LogP contribution in [0.15, 0.2) is 68.8 Å². The van der Waals surface area contributed by atoms with E-state index < -0.39 is 17.4 Å². The molecule has 8 heteroatoms. The fraction of sp³-hybridized carbons (Fsp3) is 0.258. The first-order valence-corrected chi connectivity index (χ1v) is 12.6. The van der Waals surface area contributed by atoms with E-state index in [1.54, 1.807) is 37.4 Å². The number of para-hydroxylation sites is 1. The molecule has 0 aliphatic heterocycles. The number of carbonyl (C=O) groups excluding carboxylic acids is 1. The number of nitrogens with zero attached hydrogens (tertiary/aromatic N) is 1. The van der Waals surface area contributed by atoms with Gasteiger partial charge < -0.3 is 20.2 Å². The van der Waals surface area contributed by atoms with Gasteiger partial charge >= 0.3 is 5.97 Å². The number of nitrogens with two attached hydrogens (primary N) is 1. The second kappa shape index (κ2) is 10.7. The summed E-state index contributed by atoms with van der Waals surface area (Å²) in [5.74, 6) is -0.885. The summed E-state index contributed by atoms with van der Waals surface area (Å²) in [6, 6.07) is 14.6. The summed E-state index contributed by atoms with van der Waals surface area (Å²) < 4.78 is 26.5. The number of esters is 1. The Kier molecular flexibility index (Phi) is 7.58. The Labute approximate surface area is 228 Å². The van der Waals surface area contributed by atoms with Gasteiger partial charge in [0.15, 0.2) is 5.43 Å². The highest BCUT2D eigenvalue weighted by molar-refractivity contribution is 5.96. The highest BCUT2D eigenvalue weighted by atomic mass is 19.1. The van der Waals surface area contributed by atoms with Gasteiger partial charge in [0.1, 0.15) is 22.8 Å². The van der Waals surface area contributed by atoms with E-state index in [9.17, 15) is 14.0 Å². The van der Waals surface area contributed by atoms with Crippen LogP contribution < -0.4 is 16.5 Å². The van der Waals surface area contributed by atoms with Gasteiger partial charge in [0, 0.05) is 43.1 Å². The van der Waals surface area contributed by atoms with Crippen LogP contribution >= 0.6 is 0 Å². The number of hydrogen-bond donors (Lipinski definition) is 2. The molecule has 4 aromatic rings. The first kappa shape index (κ1) is 27.6. The van der Waals surface area contributed by atoms with Crippen molar-refractivity contribution in [3.8, 4) is 11.3 Å². The summed E-state index contributed by atoms with van der Waals surface area (Å²) in [5.41, 5.74) is 8.55. The van der Waals surface area contributed by atoms with Crippen molar-refractivity contribution in [2.45, 2.75) is 46.3 Å². The fourth-order valence-electron chi connectivity index (χ4n) is 4.36. The zero-order chi connectivity index (χ0) is 28.5. The minimum absolute atomic E-state index is 0. The number of nitrogen functional groups attached to an aromatic ring is 1. The van der Waals surface area contributed by atoms with Crippen LogP contribution in [0, 0.1) is 12.7 Å². The van der Waals surface area contributed by atoms with Crippen LogP contribution in [0.2, 0.25) is 0 Å². The van der Waals surface area contributed by atoms with E-state index in [2.05, 4.69) is 10.3 Å². The molecule has 0 bridgehead atoms. The number of halogens is 1. The highest BCUT2D eigenvalue weighted by Crippen LogP contribution is 2.33. The van der Waals surface area contributed by atoms with E-state index in [4.69, 9.17) is 14.9 Å². The quantitative estimate of drug-likeness (QED) is 0.159. The first-order valence-electron chi connectivity index (χ1n) is 12.6. The van der Waals surface area contributed by atoms with Gasteiger partial charge in [-0.05, 0) is 70.5 Å². The number of hydrogen-bond acceptors (Lipinski definition) is 7. The van der Waals surface area contributed by atoms with E-state index in [1.165, 1.54) is 18.3 Å². The highest BCUT2D eigenvalue weighted by Gasteiger charge is 2.22. The lowest BCUT2D eigenvalue weighted by Gasteiger charge is -2.23. The molecule has 0 amide bonds. The minimum atomic E-state index is -0.646. The van der Waals surface area contributed by atoms with Crippen molar-refractivity contribution in [1.29, 1.82) is 0 Å². The zero-order valence-corrected chi connectivity index (χ0v) is 22.9. The molecule has 0 fully saturated rings. The molecule has 0 aliphatic carbocycles. The first-order chi connectivity index (χ1) is 18.4. The Morgan fingerprint density at radius 3 is 2.59 bits per heavy atom. The number of aliphatic imine (C=N–C) groups is 1. The lowest BCUT2D eigenvalue weighted by atomic mass is 9.99. The largest absolute Gasteiger partial charge is 0.456 e. The third-order valence-electron chi connectivity index (χ3n) is 6.10. The van der Waals surface area contributed by atoms with Crippen molar-refractivity contribution in [3.05, 3.63) is 92.9 Å². The minimum Gasteiger partial charge on any atom is -0.456 e. The summed E-state index contributed by atoms with van der Waals surface area (Å²) in [7, 11) is 1.56. The molecule has 3 aromatic carbocycles. The molecule has 0 saturated carbocycles. The van der Waals surface area contributed by atoms with Gasteiger partial charge in [0.2, 0.25) is 0 Å². The van der Waals surface area contributed by atoms with Gasteiger partial charge in [-0.3, -0.25) is 9.79 Å². The van der Waals surface area contributed by atoms with Crippen LogP contribution in [0.25, 0.3) is 22.3 Å². The van der Waals surface area contributed by atoms with Crippen molar-refractivity contribution in [2.75, 3.05) is 18.1 Å². The summed E-state index contributed by atoms with van der Waals surface area (Å²) in [6.45, 7) is 9.24. The third kappa shape index (κ3) is 6.00.